The van der Waals surface area contributed by atoms with Gasteiger partial charge in [0, 0.05) is 25.9 Å². The zero-order chi connectivity index (χ0) is 15.7. The summed E-state index contributed by atoms with van der Waals surface area (Å²) >= 11 is 6.13. The van der Waals surface area contributed by atoms with E-state index < -0.39 is 0 Å². The maximum absolute atomic E-state index is 12.9. The predicted octanol–water partition coefficient (Wildman–Crippen LogP) is 3.13. The molecule has 3 rings (SSSR count). The van der Waals surface area contributed by atoms with Crippen LogP contribution in [0.3, 0.4) is 0 Å². The Morgan fingerprint density at radius 2 is 2.23 bits per heavy atom. The lowest BCUT2D eigenvalue weighted by atomic mass is 10.1. The van der Waals surface area contributed by atoms with Gasteiger partial charge in [-0.1, -0.05) is 29.6 Å². The lowest BCUT2D eigenvalue weighted by Gasteiger charge is -2.27. The van der Waals surface area contributed by atoms with E-state index in [1.165, 1.54) is 0 Å². The second kappa shape index (κ2) is 6.12. The highest BCUT2D eigenvalue weighted by Crippen LogP contribution is 2.32. The second-order valence-corrected chi connectivity index (χ2v) is 6.14. The van der Waals surface area contributed by atoms with Crippen molar-refractivity contribution in [3.8, 4) is 0 Å². The quantitative estimate of drug-likeness (QED) is 0.852. The van der Waals surface area contributed by atoms with Gasteiger partial charge in [-0.15, -0.1) is 0 Å². The Morgan fingerprint density at radius 1 is 1.41 bits per heavy atom. The van der Waals surface area contributed by atoms with Crippen LogP contribution >= 0.6 is 11.6 Å². The summed E-state index contributed by atoms with van der Waals surface area (Å²) < 4.78 is 6.97. The second-order valence-electron chi connectivity index (χ2n) is 5.73. The summed E-state index contributed by atoms with van der Waals surface area (Å²) in [5.41, 5.74) is 1.12. The van der Waals surface area contributed by atoms with E-state index in [1.54, 1.807) is 17.9 Å². The monoisotopic (exact) mass is 322 g/mol. The Hall–Kier alpha value is -1.82. The molecule has 22 heavy (non-hydrogen) atoms. The van der Waals surface area contributed by atoms with Gasteiger partial charge >= 0.3 is 0 Å². The summed E-state index contributed by atoms with van der Waals surface area (Å²) in [7, 11) is 1.75. The molecule has 2 aromatic heterocycles. The number of likely N-dealkylation sites (tertiary alicyclic amines) is 1. The zero-order valence-corrected chi connectivity index (χ0v) is 13.5. The number of hydrogen-bond acceptors (Lipinski definition) is 4. The maximum Gasteiger partial charge on any atom is 0.276 e. The van der Waals surface area contributed by atoms with E-state index in [1.807, 2.05) is 17.9 Å². The Balaban J connectivity index is 1.93. The molecule has 0 radical (unpaired) electrons. The van der Waals surface area contributed by atoms with Crippen molar-refractivity contribution < 1.29 is 9.32 Å². The van der Waals surface area contributed by atoms with E-state index in [4.69, 9.17) is 16.1 Å². The van der Waals surface area contributed by atoms with Crippen LogP contribution in [0.2, 0.25) is 5.02 Å². The van der Waals surface area contributed by atoms with Crippen LogP contribution < -0.4 is 0 Å². The van der Waals surface area contributed by atoms with Crippen LogP contribution in [0.5, 0.6) is 0 Å². The molecule has 1 aliphatic heterocycles. The van der Waals surface area contributed by atoms with Crippen molar-refractivity contribution >= 4 is 17.5 Å². The van der Waals surface area contributed by atoms with Crippen LogP contribution in [0, 0.1) is 6.92 Å². The average Bonchev–Trinajstić information content (AvgIpc) is 2.95. The molecule has 118 valence electrons. The van der Waals surface area contributed by atoms with Crippen molar-refractivity contribution in [2.45, 2.75) is 38.6 Å². The fourth-order valence-electron chi connectivity index (χ4n) is 2.93. The summed E-state index contributed by atoms with van der Waals surface area (Å²) in [4.78, 5) is 14.7. The number of hydrogen-bond donors (Lipinski definition) is 0. The van der Waals surface area contributed by atoms with Gasteiger partial charge in [0.15, 0.2) is 11.5 Å². The van der Waals surface area contributed by atoms with Crippen LogP contribution in [0.15, 0.2) is 16.8 Å². The molecule has 0 N–H and O–H groups in total. The number of aryl methyl sites for hydroxylation is 2. The summed E-state index contributed by atoms with van der Waals surface area (Å²) in [6.45, 7) is 2.56. The van der Waals surface area contributed by atoms with E-state index in [0.717, 1.165) is 37.1 Å². The first-order valence-corrected chi connectivity index (χ1v) is 7.87. The van der Waals surface area contributed by atoms with Gasteiger partial charge in [-0.05, 0) is 19.8 Å². The Morgan fingerprint density at radius 3 is 2.86 bits per heavy atom. The summed E-state index contributed by atoms with van der Waals surface area (Å²) in [5, 5.41) is 8.53. The topological polar surface area (TPSA) is 64.2 Å². The third-order valence-electron chi connectivity index (χ3n) is 3.97. The average molecular weight is 323 g/mol. The van der Waals surface area contributed by atoms with Gasteiger partial charge < -0.3 is 9.42 Å². The van der Waals surface area contributed by atoms with E-state index in [2.05, 4.69) is 10.3 Å². The number of nitrogens with zero attached hydrogens (tertiary/aromatic N) is 4. The highest BCUT2D eigenvalue weighted by molar-refractivity contribution is 6.33. The molecule has 0 aliphatic carbocycles. The standard InChI is InChI=1S/C15H19ClN4O2/c1-10-8-13(22-18-10)12-6-4-3-5-7-20(12)15(21)14-11(16)9-19(2)17-14/h8-9,12H,3-7H2,1-2H3/t12-/m0/s1. The number of carbonyl (C=O) groups is 1. The van der Waals surface area contributed by atoms with Gasteiger partial charge in [-0.25, -0.2) is 0 Å². The molecular formula is C15H19ClN4O2. The van der Waals surface area contributed by atoms with Gasteiger partial charge in [0.05, 0.1) is 16.8 Å². The smallest absolute Gasteiger partial charge is 0.276 e. The fraction of sp³-hybridized carbons (Fsp3) is 0.533. The Kier molecular flexibility index (Phi) is 4.20. The molecule has 1 amide bonds. The van der Waals surface area contributed by atoms with Crippen molar-refractivity contribution in [3.63, 3.8) is 0 Å². The number of halogens is 1. The van der Waals surface area contributed by atoms with Crippen LogP contribution in [-0.4, -0.2) is 32.3 Å². The molecule has 0 unspecified atom stereocenters. The van der Waals surface area contributed by atoms with E-state index in [9.17, 15) is 4.79 Å². The minimum Gasteiger partial charge on any atom is -0.359 e. The van der Waals surface area contributed by atoms with Gasteiger partial charge in [0.25, 0.3) is 5.91 Å². The van der Waals surface area contributed by atoms with E-state index in [-0.39, 0.29) is 11.9 Å². The van der Waals surface area contributed by atoms with Crippen molar-refractivity contribution in [2.75, 3.05) is 6.54 Å². The van der Waals surface area contributed by atoms with Crippen LogP contribution in [0.25, 0.3) is 0 Å². The molecule has 0 saturated carbocycles. The molecule has 0 spiro atoms. The number of aromatic nitrogens is 3. The maximum atomic E-state index is 12.9. The van der Waals surface area contributed by atoms with E-state index >= 15 is 0 Å². The SMILES string of the molecule is Cc1cc([C@@H]2CCCCCN2C(=O)c2nn(C)cc2Cl)on1. The first kappa shape index (κ1) is 15.1. The summed E-state index contributed by atoms with van der Waals surface area (Å²) in [6, 6.07) is 1.80. The van der Waals surface area contributed by atoms with Gasteiger partial charge in [-0.3, -0.25) is 9.48 Å². The molecule has 0 aromatic carbocycles. The highest BCUT2D eigenvalue weighted by Gasteiger charge is 2.32. The number of carbonyl (C=O) groups excluding carboxylic acids is 1. The Bertz CT molecular complexity index is 679. The Labute approximate surface area is 134 Å². The molecule has 1 aliphatic rings. The van der Waals surface area contributed by atoms with E-state index in [0.29, 0.717) is 17.3 Å². The first-order valence-electron chi connectivity index (χ1n) is 7.49. The van der Waals surface area contributed by atoms with Crippen molar-refractivity contribution in [1.29, 1.82) is 0 Å². The predicted molar refractivity (Wildman–Crippen MR) is 81.7 cm³/mol. The number of rotatable bonds is 2. The van der Waals surface area contributed by atoms with Gasteiger partial charge in [-0.2, -0.15) is 5.10 Å². The van der Waals surface area contributed by atoms with Crippen LogP contribution in [0.1, 0.15) is 53.7 Å². The lowest BCUT2D eigenvalue weighted by molar-refractivity contribution is 0.0644. The largest absolute Gasteiger partial charge is 0.359 e. The highest BCUT2D eigenvalue weighted by atomic mass is 35.5. The summed E-state index contributed by atoms with van der Waals surface area (Å²) in [5.74, 6) is 0.589. The molecule has 3 heterocycles. The third-order valence-corrected chi connectivity index (χ3v) is 4.25. The molecule has 6 nitrogen and oxygen atoms in total. The van der Waals surface area contributed by atoms with Crippen molar-refractivity contribution in [2.24, 2.45) is 7.05 Å². The molecule has 1 atom stereocenters. The van der Waals surface area contributed by atoms with Crippen molar-refractivity contribution in [3.05, 3.63) is 34.4 Å². The summed E-state index contributed by atoms with van der Waals surface area (Å²) in [6.07, 6.45) is 5.64. The zero-order valence-electron chi connectivity index (χ0n) is 12.8. The van der Waals surface area contributed by atoms with Crippen LogP contribution in [-0.2, 0) is 7.05 Å². The minimum atomic E-state index is -0.147. The fourth-order valence-corrected chi connectivity index (χ4v) is 3.19. The number of amides is 1. The van der Waals surface area contributed by atoms with Crippen LogP contribution in [0.4, 0.5) is 0 Å². The molecule has 2 aromatic rings. The van der Waals surface area contributed by atoms with Gasteiger partial charge in [0.2, 0.25) is 0 Å². The molecule has 1 saturated heterocycles. The normalized spacial score (nSPS) is 19.2. The van der Waals surface area contributed by atoms with Gasteiger partial charge in [0.1, 0.15) is 0 Å². The molecule has 1 fully saturated rings. The lowest BCUT2D eigenvalue weighted by Crippen LogP contribution is -2.35. The first-order chi connectivity index (χ1) is 10.6. The minimum absolute atomic E-state index is 0.103. The molecular weight excluding hydrogens is 304 g/mol. The van der Waals surface area contributed by atoms with Crippen molar-refractivity contribution in [1.82, 2.24) is 19.8 Å². The molecule has 7 heteroatoms. The third kappa shape index (κ3) is 2.88. The molecule has 0 bridgehead atoms.